The Morgan fingerprint density at radius 1 is 1.46 bits per heavy atom. The number of carbonyl (C=O) groups is 1. The number of hydrogen-bond acceptors (Lipinski definition) is 3. The Morgan fingerprint density at radius 2 is 2.15 bits per heavy atom. The van der Waals surface area contributed by atoms with E-state index in [1.54, 1.807) is 0 Å². The highest BCUT2D eigenvalue weighted by Gasteiger charge is 2.42. The molecular formula is C8H13FO4. The van der Waals surface area contributed by atoms with Crippen molar-refractivity contribution in [3.63, 3.8) is 0 Å². The number of hydrogen-bond donors (Lipinski definition) is 2. The third-order valence-electron chi connectivity index (χ3n) is 2.27. The molecule has 0 saturated carbocycles. The molecule has 5 heteroatoms. The van der Waals surface area contributed by atoms with E-state index in [4.69, 9.17) is 9.84 Å². The highest BCUT2D eigenvalue weighted by Crippen LogP contribution is 2.27. The number of aliphatic hydroxyl groups is 1. The quantitative estimate of drug-likeness (QED) is 0.662. The molecule has 0 amide bonds. The molecule has 0 aromatic rings. The van der Waals surface area contributed by atoms with Crippen molar-refractivity contribution in [2.24, 2.45) is 0 Å². The fourth-order valence-electron chi connectivity index (χ4n) is 1.44. The Balaban J connectivity index is 2.65. The van der Waals surface area contributed by atoms with Crippen LogP contribution in [0.2, 0.25) is 0 Å². The van der Waals surface area contributed by atoms with Gasteiger partial charge >= 0.3 is 5.97 Å². The molecule has 13 heavy (non-hydrogen) atoms. The summed E-state index contributed by atoms with van der Waals surface area (Å²) >= 11 is 0. The molecule has 0 aliphatic carbocycles. The third kappa shape index (κ3) is 2.38. The molecule has 0 aromatic carbocycles. The topological polar surface area (TPSA) is 66.8 Å². The van der Waals surface area contributed by atoms with Crippen LogP contribution in [0.15, 0.2) is 0 Å². The summed E-state index contributed by atoms with van der Waals surface area (Å²) in [5, 5.41) is 18.1. The molecular weight excluding hydrogens is 179 g/mol. The van der Waals surface area contributed by atoms with Crippen LogP contribution in [-0.2, 0) is 9.53 Å². The summed E-state index contributed by atoms with van der Waals surface area (Å²) < 4.78 is 18.1. The molecule has 2 N–H and O–H groups in total. The first-order valence-corrected chi connectivity index (χ1v) is 4.23. The molecule has 76 valence electrons. The molecule has 1 heterocycles. The van der Waals surface area contributed by atoms with Crippen molar-refractivity contribution in [2.45, 2.75) is 31.0 Å². The van der Waals surface area contributed by atoms with Crippen molar-refractivity contribution >= 4 is 5.97 Å². The van der Waals surface area contributed by atoms with Crippen molar-refractivity contribution in [2.75, 3.05) is 13.2 Å². The van der Waals surface area contributed by atoms with E-state index in [1.807, 2.05) is 0 Å². The van der Waals surface area contributed by atoms with Crippen LogP contribution in [0.5, 0.6) is 0 Å². The van der Waals surface area contributed by atoms with Crippen LogP contribution in [0.3, 0.4) is 0 Å². The van der Waals surface area contributed by atoms with E-state index < -0.39 is 17.7 Å². The van der Waals surface area contributed by atoms with Gasteiger partial charge in [-0.3, -0.25) is 0 Å². The molecule has 0 spiro atoms. The van der Waals surface area contributed by atoms with Crippen LogP contribution in [0.1, 0.15) is 19.3 Å². The summed E-state index contributed by atoms with van der Waals surface area (Å²) in [7, 11) is 0. The van der Waals surface area contributed by atoms with Crippen LogP contribution in [0, 0.1) is 0 Å². The van der Waals surface area contributed by atoms with Gasteiger partial charge in [0, 0.05) is 19.6 Å². The molecule has 1 fully saturated rings. The van der Waals surface area contributed by atoms with Gasteiger partial charge in [-0.2, -0.15) is 0 Å². The molecule has 1 aliphatic rings. The maximum Gasteiger partial charge on any atom is 0.341 e. The van der Waals surface area contributed by atoms with E-state index >= 15 is 0 Å². The molecule has 2 unspecified atom stereocenters. The number of alkyl halides is 1. The molecule has 1 saturated heterocycles. The molecule has 0 radical (unpaired) electrons. The number of rotatable bonds is 2. The Morgan fingerprint density at radius 3 is 2.77 bits per heavy atom. The van der Waals surface area contributed by atoms with Crippen LogP contribution in [-0.4, -0.2) is 41.2 Å². The van der Waals surface area contributed by atoms with E-state index in [1.165, 1.54) is 0 Å². The van der Waals surface area contributed by atoms with Crippen molar-refractivity contribution < 1.29 is 24.1 Å². The lowest BCUT2D eigenvalue weighted by Gasteiger charge is -2.26. The number of halogens is 1. The zero-order valence-corrected chi connectivity index (χ0v) is 7.20. The summed E-state index contributed by atoms with van der Waals surface area (Å²) in [4.78, 5) is 10.3. The zero-order valence-electron chi connectivity index (χ0n) is 7.20. The van der Waals surface area contributed by atoms with Crippen molar-refractivity contribution in [3.05, 3.63) is 0 Å². The fourth-order valence-corrected chi connectivity index (χ4v) is 1.44. The SMILES string of the molecule is O=C(O)C(F)C1(O)CCCOCC1. The van der Waals surface area contributed by atoms with Crippen molar-refractivity contribution in [1.29, 1.82) is 0 Å². The smallest absolute Gasteiger partial charge is 0.341 e. The molecule has 0 bridgehead atoms. The lowest BCUT2D eigenvalue weighted by Crippen LogP contribution is -2.44. The summed E-state index contributed by atoms with van der Waals surface area (Å²) in [5.41, 5.74) is -1.75. The Kier molecular flexibility index (Phi) is 3.22. The van der Waals surface area contributed by atoms with Crippen molar-refractivity contribution in [3.8, 4) is 0 Å². The fraction of sp³-hybridized carbons (Fsp3) is 0.875. The monoisotopic (exact) mass is 192 g/mol. The number of aliphatic carboxylic acids is 1. The van der Waals surface area contributed by atoms with Gasteiger partial charge in [0.05, 0.1) is 0 Å². The summed E-state index contributed by atoms with van der Waals surface area (Å²) in [5.74, 6) is -1.61. The van der Waals surface area contributed by atoms with E-state index in [0.717, 1.165) is 0 Å². The van der Waals surface area contributed by atoms with Gasteiger partial charge in [-0.05, 0) is 12.8 Å². The first-order valence-electron chi connectivity index (χ1n) is 4.23. The summed E-state index contributed by atoms with van der Waals surface area (Å²) in [6, 6.07) is 0. The molecule has 1 rings (SSSR count). The van der Waals surface area contributed by atoms with Gasteiger partial charge in [0.2, 0.25) is 6.17 Å². The van der Waals surface area contributed by atoms with E-state index in [0.29, 0.717) is 13.0 Å². The Labute approximate surface area is 75.3 Å². The van der Waals surface area contributed by atoms with Gasteiger partial charge in [-0.1, -0.05) is 0 Å². The lowest BCUT2D eigenvalue weighted by atomic mass is 9.90. The number of carboxylic acids is 1. The maximum atomic E-state index is 13.1. The average Bonchev–Trinajstić information content (AvgIpc) is 2.29. The first kappa shape index (κ1) is 10.4. The molecule has 4 nitrogen and oxygen atoms in total. The standard InChI is InChI=1S/C8H13FO4/c9-6(7(10)11)8(12)2-1-4-13-5-3-8/h6,12H,1-5H2,(H,10,11). The first-order chi connectivity index (χ1) is 6.06. The second-order valence-corrected chi connectivity index (χ2v) is 3.27. The number of carboxylic acid groups (broad SMARTS) is 1. The highest BCUT2D eigenvalue weighted by atomic mass is 19.1. The second-order valence-electron chi connectivity index (χ2n) is 3.27. The Bertz CT molecular complexity index is 187. The van der Waals surface area contributed by atoms with E-state index in [2.05, 4.69) is 0 Å². The van der Waals surface area contributed by atoms with Gasteiger partial charge in [-0.15, -0.1) is 0 Å². The molecule has 2 atom stereocenters. The second kappa shape index (κ2) is 4.02. The normalized spacial score (nSPS) is 32.2. The predicted octanol–water partition coefficient (Wildman–Crippen LogP) is 0.341. The van der Waals surface area contributed by atoms with Gasteiger partial charge in [0.1, 0.15) is 5.60 Å². The predicted molar refractivity (Wildman–Crippen MR) is 42.2 cm³/mol. The van der Waals surface area contributed by atoms with Gasteiger partial charge in [0.25, 0.3) is 0 Å². The third-order valence-corrected chi connectivity index (χ3v) is 2.27. The highest BCUT2D eigenvalue weighted by molar-refractivity contribution is 5.73. The number of ether oxygens (including phenoxy) is 1. The minimum Gasteiger partial charge on any atom is -0.479 e. The minimum absolute atomic E-state index is 0.0421. The molecule has 1 aliphatic heterocycles. The van der Waals surface area contributed by atoms with Crippen LogP contribution in [0.25, 0.3) is 0 Å². The van der Waals surface area contributed by atoms with E-state index in [-0.39, 0.29) is 19.4 Å². The van der Waals surface area contributed by atoms with Crippen molar-refractivity contribution in [1.82, 2.24) is 0 Å². The van der Waals surface area contributed by atoms with Gasteiger partial charge in [0.15, 0.2) is 0 Å². The van der Waals surface area contributed by atoms with Crippen LogP contribution < -0.4 is 0 Å². The summed E-state index contributed by atoms with van der Waals surface area (Å²) in [6.07, 6.45) is -1.54. The van der Waals surface area contributed by atoms with Crippen LogP contribution >= 0.6 is 0 Å². The van der Waals surface area contributed by atoms with Crippen LogP contribution in [0.4, 0.5) is 4.39 Å². The van der Waals surface area contributed by atoms with Gasteiger partial charge < -0.3 is 14.9 Å². The van der Waals surface area contributed by atoms with E-state index in [9.17, 15) is 14.3 Å². The van der Waals surface area contributed by atoms with Gasteiger partial charge in [-0.25, -0.2) is 9.18 Å². The maximum absolute atomic E-state index is 13.1. The summed E-state index contributed by atoms with van der Waals surface area (Å²) in [6.45, 7) is 0.666. The molecule has 0 aromatic heterocycles. The lowest BCUT2D eigenvalue weighted by molar-refractivity contribution is -0.155. The Hall–Kier alpha value is -0.680. The zero-order chi connectivity index (χ0) is 9.90. The largest absolute Gasteiger partial charge is 0.479 e. The minimum atomic E-state index is -2.21. The average molecular weight is 192 g/mol.